The van der Waals surface area contributed by atoms with Crippen molar-refractivity contribution >= 4 is 5.97 Å². The Kier molecular flexibility index (Phi) is 5.47. The van der Waals surface area contributed by atoms with Crippen LogP contribution < -0.4 is 4.74 Å². The van der Waals surface area contributed by atoms with Crippen LogP contribution in [0.1, 0.15) is 16.7 Å². The van der Waals surface area contributed by atoms with Gasteiger partial charge in [0.05, 0.1) is 13.5 Å². The summed E-state index contributed by atoms with van der Waals surface area (Å²) in [6.45, 7) is 0. The topological polar surface area (TPSA) is 35.5 Å². The first-order valence-corrected chi connectivity index (χ1v) is 8.20. The molecule has 3 heteroatoms. The third-order valence-corrected chi connectivity index (χ3v) is 3.91. The molecule has 0 N–H and O–H groups in total. The van der Waals surface area contributed by atoms with Gasteiger partial charge in [-0.25, -0.2) is 0 Å². The number of carbonyl (C=O) groups excluding carboxylic acids is 1. The van der Waals surface area contributed by atoms with E-state index in [0.29, 0.717) is 5.75 Å². The maximum Gasteiger partial charge on any atom is 0.310 e. The molecule has 0 radical (unpaired) electrons. The van der Waals surface area contributed by atoms with Crippen molar-refractivity contribution in [3.8, 4) is 11.5 Å². The molecule has 0 aliphatic rings. The SMILES string of the molecule is COC(=O)Cc1ccccc1Oc1cccc(Cc2ccccc2)c1. The molecule has 3 aromatic carbocycles. The number of ether oxygens (including phenoxy) is 2. The van der Waals surface area contributed by atoms with E-state index >= 15 is 0 Å². The minimum Gasteiger partial charge on any atom is -0.469 e. The van der Waals surface area contributed by atoms with Crippen LogP contribution in [0.25, 0.3) is 0 Å². The van der Waals surface area contributed by atoms with Gasteiger partial charge in [0.1, 0.15) is 11.5 Å². The summed E-state index contributed by atoms with van der Waals surface area (Å²) in [4.78, 5) is 11.6. The van der Waals surface area contributed by atoms with E-state index in [0.717, 1.165) is 17.7 Å². The lowest BCUT2D eigenvalue weighted by Crippen LogP contribution is -2.05. The number of para-hydroxylation sites is 1. The van der Waals surface area contributed by atoms with Gasteiger partial charge in [-0.05, 0) is 35.7 Å². The Morgan fingerprint density at radius 2 is 1.56 bits per heavy atom. The van der Waals surface area contributed by atoms with Crippen molar-refractivity contribution in [1.29, 1.82) is 0 Å². The smallest absolute Gasteiger partial charge is 0.310 e. The minimum absolute atomic E-state index is 0.191. The maximum absolute atomic E-state index is 11.6. The molecule has 0 aliphatic heterocycles. The molecule has 0 fully saturated rings. The first-order chi connectivity index (χ1) is 12.2. The fraction of sp³-hybridized carbons (Fsp3) is 0.136. The number of carbonyl (C=O) groups is 1. The Morgan fingerprint density at radius 3 is 2.36 bits per heavy atom. The molecule has 0 saturated carbocycles. The number of benzene rings is 3. The zero-order valence-corrected chi connectivity index (χ0v) is 14.1. The van der Waals surface area contributed by atoms with Gasteiger partial charge >= 0.3 is 5.97 Å². The lowest BCUT2D eigenvalue weighted by atomic mass is 10.0. The number of esters is 1. The van der Waals surface area contributed by atoms with E-state index in [1.807, 2.05) is 60.7 Å². The Labute approximate surface area is 147 Å². The zero-order valence-electron chi connectivity index (χ0n) is 14.1. The predicted molar refractivity (Wildman–Crippen MR) is 97.9 cm³/mol. The monoisotopic (exact) mass is 332 g/mol. The van der Waals surface area contributed by atoms with Gasteiger partial charge in [0, 0.05) is 5.56 Å². The number of rotatable bonds is 6. The molecule has 0 bridgehead atoms. The van der Waals surface area contributed by atoms with Crippen LogP contribution in [-0.2, 0) is 22.4 Å². The van der Waals surface area contributed by atoms with Crippen molar-refractivity contribution in [2.24, 2.45) is 0 Å². The molecule has 3 nitrogen and oxygen atoms in total. The number of hydrogen-bond acceptors (Lipinski definition) is 3. The highest BCUT2D eigenvalue weighted by Gasteiger charge is 2.10. The average molecular weight is 332 g/mol. The third-order valence-electron chi connectivity index (χ3n) is 3.91. The summed E-state index contributed by atoms with van der Waals surface area (Å²) >= 11 is 0. The van der Waals surface area contributed by atoms with Crippen LogP contribution in [0.2, 0.25) is 0 Å². The van der Waals surface area contributed by atoms with E-state index < -0.39 is 0 Å². The summed E-state index contributed by atoms with van der Waals surface area (Å²) in [5.74, 6) is 1.14. The molecule has 0 aliphatic carbocycles. The van der Waals surface area contributed by atoms with E-state index in [-0.39, 0.29) is 12.4 Å². The van der Waals surface area contributed by atoms with Crippen LogP contribution in [0, 0.1) is 0 Å². The van der Waals surface area contributed by atoms with Crippen molar-refractivity contribution < 1.29 is 14.3 Å². The zero-order chi connectivity index (χ0) is 17.5. The fourth-order valence-electron chi connectivity index (χ4n) is 2.65. The van der Waals surface area contributed by atoms with Crippen LogP contribution in [0.15, 0.2) is 78.9 Å². The fourth-order valence-corrected chi connectivity index (χ4v) is 2.65. The highest BCUT2D eigenvalue weighted by molar-refractivity contribution is 5.73. The highest BCUT2D eigenvalue weighted by atomic mass is 16.5. The average Bonchev–Trinajstić information content (AvgIpc) is 2.64. The Bertz CT molecular complexity index is 841. The molecule has 126 valence electrons. The quantitative estimate of drug-likeness (QED) is 0.609. The van der Waals surface area contributed by atoms with E-state index in [1.165, 1.54) is 18.2 Å². The third kappa shape index (κ3) is 4.70. The number of methoxy groups -OCH3 is 1. The summed E-state index contributed by atoms with van der Waals surface area (Å²) < 4.78 is 10.8. The Morgan fingerprint density at radius 1 is 0.840 bits per heavy atom. The molecule has 0 aromatic heterocycles. The second-order valence-electron chi connectivity index (χ2n) is 5.77. The van der Waals surface area contributed by atoms with Crippen molar-refractivity contribution in [3.05, 3.63) is 95.6 Å². The van der Waals surface area contributed by atoms with Gasteiger partial charge in [-0.3, -0.25) is 4.79 Å². The van der Waals surface area contributed by atoms with Crippen molar-refractivity contribution in [3.63, 3.8) is 0 Å². The molecular weight excluding hydrogens is 312 g/mol. The van der Waals surface area contributed by atoms with E-state index in [4.69, 9.17) is 9.47 Å². The summed E-state index contributed by atoms with van der Waals surface area (Å²) in [5.41, 5.74) is 3.24. The van der Waals surface area contributed by atoms with Crippen LogP contribution in [-0.4, -0.2) is 13.1 Å². The molecular formula is C22H20O3. The van der Waals surface area contributed by atoms with E-state index in [2.05, 4.69) is 18.2 Å². The second kappa shape index (κ2) is 8.15. The van der Waals surface area contributed by atoms with Crippen LogP contribution in [0.4, 0.5) is 0 Å². The molecule has 0 spiro atoms. The van der Waals surface area contributed by atoms with Crippen molar-refractivity contribution in [1.82, 2.24) is 0 Å². The standard InChI is InChI=1S/C22H20O3/c1-24-22(23)16-19-11-5-6-13-21(19)25-20-12-7-10-18(15-20)14-17-8-3-2-4-9-17/h2-13,15H,14,16H2,1H3. The maximum atomic E-state index is 11.6. The largest absolute Gasteiger partial charge is 0.469 e. The second-order valence-corrected chi connectivity index (χ2v) is 5.77. The highest BCUT2D eigenvalue weighted by Crippen LogP contribution is 2.27. The van der Waals surface area contributed by atoms with E-state index in [9.17, 15) is 4.79 Å². The van der Waals surface area contributed by atoms with Crippen LogP contribution in [0.3, 0.4) is 0 Å². The predicted octanol–water partition coefficient (Wildman–Crippen LogP) is 4.79. The van der Waals surface area contributed by atoms with Gasteiger partial charge < -0.3 is 9.47 Å². The first-order valence-electron chi connectivity index (χ1n) is 8.20. The normalized spacial score (nSPS) is 10.3. The molecule has 0 saturated heterocycles. The molecule has 0 unspecified atom stereocenters. The van der Waals surface area contributed by atoms with E-state index in [1.54, 1.807) is 0 Å². The van der Waals surface area contributed by atoms with Crippen molar-refractivity contribution in [2.75, 3.05) is 7.11 Å². The van der Waals surface area contributed by atoms with Gasteiger partial charge in [0.2, 0.25) is 0 Å². The summed E-state index contributed by atoms with van der Waals surface area (Å²) in [6.07, 6.45) is 1.04. The molecule has 0 amide bonds. The Balaban J connectivity index is 1.77. The minimum atomic E-state index is -0.283. The molecule has 0 atom stereocenters. The summed E-state index contributed by atoms with van der Waals surface area (Å²) in [6, 6.07) is 25.8. The van der Waals surface area contributed by atoms with Gasteiger partial charge in [-0.15, -0.1) is 0 Å². The molecule has 3 aromatic rings. The Hall–Kier alpha value is -3.07. The van der Waals surface area contributed by atoms with Crippen molar-refractivity contribution in [2.45, 2.75) is 12.8 Å². The lowest BCUT2D eigenvalue weighted by molar-refractivity contribution is -0.139. The summed E-state index contributed by atoms with van der Waals surface area (Å²) in [5, 5.41) is 0. The summed E-state index contributed by atoms with van der Waals surface area (Å²) in [7, 11) is 1.39. The van der Waals surface area contributed by atoms with Gasteiger partial charge in [-0.1, -0.05) is 60.7 Å². The number of hydrogen-bond donors (Lipinski definition) is 0. The van der Waals surface area contributed by atoms with Crippen LogP contribution in [0.5, 0.6) is 11.5 Å². The van der Waals surface area contributed by atoms with Gasteiger partial charge in [-0.2, -0.15) is 0 Å². The molecule has 3 rings (SSSR count). The molecule has 0 heterocycles. The van der Waals surface area contributed by atoms with Gasteiger partial charge in [0.25, 0.3) is 0 Å². The van der Waals surface area contributed by atoms with Gasteiger partial charge in [0.15, 0.2) is 0 Å². The first kappa shape index (κ1) is 16.8. The molecule has 25 heavy (non-hydrogen) atoms. The van der Waals surface area contributed by atoms with Crippen LogP contribution >= 0.6 is 0 Å². The lowest BCUT2D eigenvalue weighted by Gasteiger charge is -2.11.